The van der Waals surface area contributed by atoms with Crippen molar-refractivity contribution in [3.05, 3.63) is 45.1 Å². The Labute approximate surface area is 134 Å². The van der Waals surface area contributed by atoms with E-state index in [1.165, 1.54) is 4.57 Å². The van der Waals surface area contributed by atoms with Gasteiger partial charge in [-0.3, -0.25) is 14.3 Å². The number of likely N-dealkylation sites (tertiary alicyclic amines) is 1. The molecule has 0 bridgehead atoms. The molecule has 2 N–H and O–H groups in total. The minimum Gasteiger partial charge on any atom is -0.395 e. The van der Waals surface area contributed by atoms with E-state index >= 15 is 0 Å². The first-order valence-corrected chi connectivity index (χ1v) is 8.27. The van der Waals surface area contributed by atoms with Crippen molar-refractivity contribution in [1.29, 1.82) is 0 Å². The molecule has 1 aliphatic rings. The number of para-hydroxylation sites is 1. The Kier molecular flexibility index (Phi) is 4.93. The van der Waals surface area contributed by atoms with E-state index < -0.39 is 0 Å². The Morgan fingerprint density at radius 1 is 1.17 bits per heavy atom. The second-order valence-corrected chi connectivity index (χ2v) is 6.15. The minimum absolute atomic E-state index is 0.212. The zero-order valence-corrected chi connectivity index (χ0v) is 13.2. The van der Waals surface area contributed by atoms with Gasteiger partial charge in [-0.1, -0.05) is 12.1 Å². The van der Waals surface area contributed by atoms with E-state index in [0.29, 0.717) is 17.4 Å². The van der Waals surface area contributed by atoms with E-state index in [9.17, 15) is 14.7 Å². The fourth-order valence-corrected chi connectivity index (χ4v) is 3.38. The zero-order valence-electron chi connectivity index (χ0n) is 13.2. The average Bonchev–Trinajstić information content (AvgIpc) is 3.01. The molecule has 1 aromatic heterocycles. The van der Waals surface area contributed by atoms with Crippen LogP contribution in [0.2, 0.25) is 0 Å². The molecule has 2 heterocycles. The monoisotopic (exact) mass is 317 g/mol. The van der Waals surface area contributed by atoms with Crippen LogP contribution in [0.3, 0.4) is 0 Å². The third-order valence-electron chi connectivity index (χ3n) is 4.68. The molecule has 23 heavy (non-hydrogen) atoms. The molecule has 1 aliphatic heterocycles. The molecule has 6 heteroatoms. The van der Waals surface area contributed by atoms with Crippen molar-refractivity contribution < 1.29 is 5.11 Å². The SMILES string of the molecule is O=c1[nH]c2ccccc2c(=O)n1CCCCN1CCCC1CO. The molecule has 0 spiro atoms. The van der Waals surface area contributed by atoms with Crippen LogP contribution in [0.4, 0.5) is 0 Å². The van der Waals surface area contributed by atoms with Crippen LogP contribution in [-0.2, 0) is 6.54 Å². The van der Waals surface area contributed by atoms with Crippen LogP contribution in [0.1, 0.15) is 25.7 Å². The summed E-state index contributed by atoms with van der Waals surface area (Å²) in [5, 5.41) is 9.86. The second-order valence-electron chi connectivity index (χ2n) is 6.15. The van der Waals surface area contributed by atoms with Gasteiger partial charge in [-0.25, -0.2) is 4.79 Å². The van der Waals surface area contributed by atoms with E-state index in [4.69, 9.17) is 0 Å². The van der Waals surface area contributed by atoms with Crippen LogP contribution in [0.25, 0.3) is 10.9 Å². The largest absolute Gasteiger partial charge is 0.395 e. The van der Waals surface area contributed by atoms with Crippen molar-refractivity contribution >= 4 is 10.9 Å². The number of fused-ring (bicyclic) bond motifs is 1. The van der Waals surface area contributed by atoms with Gasteiger partial charge in [0.15, 0.2) is 0 Å². The quantitative estimate of drug-likeness (QED) is 0.777. The number of hydrogen-bond acceptors (Lipinski definition) is 4. The first-order chi connectivity index (χ1) is 11.2. The lowest BCUT2D eigenvalue weighted by Gasteiger charge is -2.22. The summed E-state index contributed by atoms with van der Waals surface area (Å²) in [6, 6.07) is 7.36. The first kappa shape index (κ1) is 16.0. The lowest BCUT2D eigenvalue weighted by Crippen LogP contribution is -2.36. The van der Waals surface area contributed by atoms with Crippen LogP contribution in [0, 0.1) is 0 Å². The van der Waals surface area contributed by atoms with Gasteiger partial charge in [0, 0.05) is 12.6 Å². The number of unbranched alkanes of at least 4 members (excludes halogenated alkanes) is 1. The van der Waals surface area contributed by atoms with Gasteiger partial charge >= 0.3 is 5.69 Å². The number of nitrogens with one attached hydrogen (secondary N) is 1. The highest BCUT2D eigenvalue weighted by Gasteiger charge is 2.22. The fourth-order valence-electron chi connectivity index (χ4n) is 3.38. The van der Waals surface area contributed by atoms with Crippen LogP contribution in [-0.4, -0.2) is 45.3 Å². The summed E-state index contributed by atoms with van der Waals surface area (Å²) in [5.74, 6) is 0. The molecule has 0 radical (unpaired) electrons. The van der Waals surface area contributed by atoms with Gasteiger partial charge in [-0.15, -0.1) is 0 Å². The number of aliphatic hydroxyl groups excluding tert-OH is 1. The Hall–Kier alpha value is -1.92. The number of hydrogen-bond donors (Lipinski definition) is 2. The first-order valence-electron chi connectivity index (χ1n) is 8.27. The molecule has 6 nitrogen and oxygen atoms in total. The van der Waals surface area contributed by atoms with Crippen molar-refractivity contribution in [2.75, 3.05) is 19.7 Å². The highest BCUT2D eigenvalue weighted by Crippen LogP contribution is 2.17. The van der Waals surface area contributed by atoms with E-state index in [-0.39, 0.29) is 23.9 Å². The number of rotatable bonds is 6. The van der Waals surface area contributed by atoms with E-state index in [2.05, 4.69) is 9.88 Å². The van der Waals surface area contributed by atoms with Gasteiger partial charge in [0.1, 0.15) is 0 Å². The highest BCUT2D eigenvalue weighted by molar-refractivity contribution is 5.76. The number of aromatic amines is 1. The fraction of sp³-hybridized carbons (Fsp3) is 0.529. The molecule has 0 saturated carbocycles. The van der Waals surface area contributed by atoms with E-state index in [1.54, 1.807) is 24.3 Å². The molecule has 1 unspecified atom stereocenters. The summed E-state index contributed by atoms with van der Waals surface area (Å²) in [7, 11) is 0. The summed E-state index contributed by atoms with van der Waals surface area (Å²) in [4.78, 5) is 29.5. The van der Waals surface area contributed by atoms with Gasteiger partial charge in [-0.05, 0) is 50.9 Å². The molecule has 124 valence electrons. The Morgan fingerprint density at radius 3 is 2.78 bits per heavy atom. The van der Waals surface area contributed by atoms with Crippen molar-refractivity contribution in [3.63, 3.8) is 0 Å². The Morgan fingerprint density at radius 2 is 1.96 bits per heavy atom. The molecule has 1 aromatic carbocycles. The van der Waals surface area contributed by atoms with Crippen molar-refractivity contribution in [1.82, 2.24) is 14.5 Å². The smallest absolute Gasteiger partial charge is 0.328 e. The van der Waals surface area contributed by atoms with Gasteiger partial charge in [0.05, 0.1) is 17.5 Å². The second kappa shape index (κ2) is 7.10. The highest BCUT2D eigenvalue weighted by atomic mass is 16.3. The maximum absolute atomic E-state index is 12.4. The number of aliphatic hydroxyl groups is 1. The van der Waals surface area contributed by atoms with Crippen molar-refractivity contribution in [2.45, 2.75) is 38.3 Å². The van der Waals surface area contributed by atoms with Crippen LogP contribution < -0.4 is 11.2 Å². The number of aromatic nitrogens is 2. The predicted molar refractivity (Wildman–Crippen MR) is 89.7 cm³/mol. The molecule has 0 aliphatic carbocycles. The van der Waals surface area contributed by atoms with Crippen LogP contribution >= 0.6 is 0 Å². The topological polar surface area (TPSA) is 78.3 Å². The third kappa shape index (κ3) is 3.38. The molecular formula is C17H23N3O3. The molecule has 1 atom stereocenters. The lowest BCUT2D eigenvalue weighted by atomic mass is 10.2. The third-order valence-corrected chi connectivity index (χ3v) is 4.68. The summed E-state index contributed by atoms with van der Waals surface area (Å²) in [6.07, 6.45) is 3.88. The molecule has 3 rings (SSSR count). The van der Waals surface area contributed by atoms with Crippen LogP contribution in [0.5, 0.6) is 0 Å². The minimum atomic E-state index is -0.344. The van der Waals surface area contributed by atoms with Gasteiger partial charge in [0.2, 0.25) is 0 Å². The maximum Gasteiger partial charge on any atom is 0.328 e. The normalized spacial score (nSPS) is 18.7. The number of H-pyrrole nitrogens is 1. The standard InChI is InChI=1S/C17H23N3O3/c21-12-13-6-5-10-19(13)9-3-4-11-20-16(22)14-7-1-2-8-15(14)18-17(20)23/h1-2,7-8,13,21H,3-6,9-12H2,(H,18,23). The predicted octanol–water partition coefficient (Wildman–Crippen LogP) is 0.927. The summed E-state index contributed by atoms with van der Waals surface area (Å²) < 4.78 is 1.29. The molecular weight excluding hydrogens is 294 g/mol. The van der Waals surface area contributed by atoms with Gasteiger partial charge in [0.25, 0.3) is 5.56 Å². The summed E-state index contributed by atoms with van der Waals surface area (Å²) in [6.45, 7) is 2.58. The Bertz CT molecular complexity index is 780. The van der Waals surface area contributed by atoms with Gasteiger partial charge in [-0.2, -0.15) is 0 Å². The summed E-state index contributed by atoms with van der Waals surface area (Å²) >= 11 is 0. The molecule has 1 fully saturated rings. The average molecular weight is 317 g/mol. The van der Waals surface area contributed by atoms with E-state index in [1.807, 2.05) is 0 Å². The zero-order chi connectivity index (χ0) is 16.2. The summed E-state index contributed by atoms with van der Waals surface area (Å²) in [5.41, 5.74) is 0.0171. The maximum atomic E-state index is 12.4. The molecule has 1 saturated heterocycles. The van der Waals surface area contributed by atoms with E-state index in [0.717, 1.165) is 38.8 Å². The molecule has 2 aromatic rings. The molecule has 0 amide bonds. The number of nitrogens with zero attached hydrogens (tertiary/aromatic N) is 2. The van der Waals surface area contributed by atoms with Crippen molar-refractivity contribution in [2.24, 2.45) is 0 Å². The Balaban J connectivity index is 1.63. The van der Waals surface area contributed by atoms with Gasteiger partial charge < -0.3 is 10.1 Å². The number of benzene rings is 1. The van der Waals surface area contributed by atoms with Crippen molar-refractivity contribution in [3.8, 4) is 0 Å². The lowest BCUT2D eigenvalue weighted by molar-refractivity contribution is 0.156. The van der Waals surface area contributed by atoms with Crippen LogP contribution in [0.15, 0.2) is 33.9 Å².